The zero-order chi connectivity index (χ0) is 16.0. The molecule has 6 heteroatoms. The molecule has 0 saturated carbocycles. The number of esters is 1. The molecule has 0 aromatic rings. The Kier molecular flexibility index (Phi) is 6.99. The van der Waals surface area contributed by atoms with Crippen LogP contribution >= 0.6 is 0 Å². The summed E-state index contributed by atoms with van der Waals surface area (Å²) in [7, 11) is 1.50. The van der Waals surface area contributed by atoms with Gasteiger partial charge in [-0.3, -0.25) is 0 Å². The van der Waals surface area contributed by atoms with E-state index >= 15 is 0 Å². The lowest BCUT2D eigenvalue weighted by molar-refractivity contribution is -0.913. The fraction of sp³-hybridized carbons (Fsp3) is 0.643. The molecule has 0 saturated heterocycles. The highest BCUT2D eigenvalue weighted by molar-refractivity contribution is 5.86. The van der Waals surface area contributed by atoms with E-state index in [1.807, 2.05) is 13.8 Å². The molecule has 20 heavy (non-hydrogen) atoms. The number of rotatable bonds is 7. The molecule has 0 aliphatic rings. The van der Waals surface area contributed by atoms with Gasteiger partial charge in [-0.1, -0.05) is 12.2 Å². The SMILES string of the molecule is C=C(C)C(=O)OCC[N+](C)(CC=C(C)C)CC(F)(F)F. The van der Waals surface area contributed by atoms with Gasteiger partial charge in [0, 0.05) is 5.57 Å². The molecular weight excluding hydrogens is 271 g/mol. The average Bonchev–Trinajstić information content (AvgIpc) is 2.23. The minimum atomic E-state index is -4.26. The first-order valence-corrected chi connectivity index (χ1v) is 6.31. The van der Waals surface area contributed by atoms with Gasteiger partial charge < -0.3 is 9.22 Å². The molecule has 0 bridgehead atoms. The Bertz CT molecular complexity index is 384. The third-order valence-corrected chi connectivity index (χ3v) is 2.71. The number of nitrogens with zero attached hydrogens (tertiary/aromatic N) is 1. The number of hydrogen-bond donors (Lipinski definition) is 0. The number of carbonyl (C=O) groups excluding carboxylic acids is 1. The van der Waals surface area contributed by atoms with Crippen LogP contribution in [0.15, 0.2) is 23.8 Å². The maximum absolute atomic E-state index is 12.6. The van der Waals surface area contributed by atoms with Crippen LogP contribution in [0, 0.1) is 0 Å². The highest BCUT2D eigenvalue weighted by atomic mass is 19.4. The van der Waals surface area contributed by atoms with Gasteiger partial charge >= 0.3 is 12.1 Å². The largest absolute Gasteiger partial charge is 0.456 e. The van der Waals surface area contributed by atoms with Crippen LogP contribution in [-0.2, 0) is 9.53 Å². The molecule has 0 radical (unpaired) electrons. The van der Waals surface area contributed by atoms with Crippen molar-refractivity contribution in [3.8, 4) is 0 Å². The van der Waals surface area contributed by atoms with E-state index in [0.717, 1.165) is 5.57 Å². The predicted octanol–water partition coefficient (Wildman–Crippen LogP) is 3.08. The van der Waals surface area contributed by atoms with E-state index in [2.05, 4.69) is 6.58 Å². The van der Waals surface area contributed by atoms with E-state index in [-0.39, 0.29) is 29.8 Å². The van der Waals surface area contributed by atoms with Crippen molar-refractivity contribution in [3.05, 3.63) is 23.8 Å². The van der Waals surface area contributed by atoms with Gasteiger partial charge in [0.15, 0.2) is 6.54 Å². The van der Waals surface area contributed by atoms with Gasteiger partial charge in [0.1, 0.15) is 13.2 Å². The molecule has 0 rings (SSSR count). The summed E-state index contributed by atoms with van der Waals surface area (Å²) in [5, 5.41) is 0. The molecule has 116 valence electrons. The van der Waals surface area contributed by atoms with Gasteiger partial charge in [-0.05, 0) is 26.8 Å². The van der Waals surface area contributed by atoms with Crippen molar-refractivity contribution >= 4 is 5.97 Å². The van der Waals surface area contributed by atoms with Crippen LogP contribution in [0.2, 0.25) is 0 Å². The quantitative estimate of drug-likeness (QED) is 0.312. The molecule has 0 fully saturated rings. The molecule has 0 N–H and O–H groups in total. The molecule has 0 amide bonds. The molecule has 0 aliphatic carbocycles. The minimum absolute atomic E-state index is 0.0606. The van der Waals surface area contributed by atoms with Crippen molar-refractivity contribution in [3.63, 3.8) is 0 Å². The van der Waals surface area contributed by atoms with Crippen molar-refractivity contribution in [2.75, 3.05) is 33.3 Å². The van der Waals surface area contributed by atoms with Crippen LogP contribution in [0.25, 0.3) is 0 Å². The first kappa shape index (κ1) is 18.7. The Morgan fingerprint density at radius 1 is 1.30 bits per heavy atom. The fourth-order valence-electron chi connectivity index (χ4n) is 1.55. The summed E-state index contributed by atoms with van der Waals surface area (Å²) in [6.45, 7) is 7.90. The van der Waals surface area contributed by atoms with Gasteiger partial charge in [0.2, 0.25) is 0 Å². The lowest BCUT2D eigenvalue weighted by atomic mass is 10.2. The van der Waals surface area contributed by atoms with E-state index in [1.54, 1.807) is 6.08 Å². The number of likely N-dealkylation sites (N-methyl/N-ethyl adjacent to an activating group) is 1. The number of hydrogen-bond acceptors (Lipinski definition) is 2. The Balaban J connectivity index is 4.65. The summed E-state index contributed by atoms with van der Waals surface area (Å²) in [6.07, 6.45) is -2.51. The summed E-state index contributed by atoms with van der Waals surface area (Å²) >= 11 is 0. The van der Waals surface area contributed by atoms with Crippen molar-refractivity contribution in [2.24, 2.45) is 0 Å². The van der Waals surface area contributed by atoms with E-state index in [9.17, 15) is 18.0 Å². The first-order valence-electron chi connectivity index (χ1n) is 6.31. The monoisotopic (exact) mass is 294 g/mol. The molecule has 1 atom stereocenters. The summed E-state index contributed by atoms with van der Waals surface area (Å²) in [5.41, 5.74) is 1.19. The average molecular weight is 294 g/mol. The highest BCUT2D eigenvalue weighted by Crippen LogP contribution is 2.20. The molecule has 0 aromatic heterocycles. The molecule has 3 nitrogen and oxygen atoms in total. The van der Waals surface area contributed by atoms with Crippen molar-refractivity contribution in [1.29, 1.82) is 0 Å². The van der Waals surface area contributed by atoms with Crippen molar-refractivity contribution in [2.45, 2.75) is 26.9 Å². The molecule has 0 aromatic carbocycles. The number of halogens is 3. The van der Waals surface area contributed by atoms with Crippen LogP contribution in [0.4, 0.5) is 13.2 Å². The Hall–Kier alpha value is -1.30. The number of ether oxygens (including phenoxy) is 1. The molecule has 0 spiro atoms. The second-order valence-corrected chi connectivity index (χ2v) is 5.50. The Labute approximate surface area is 118 Å². The summed E-state index contributed by atoms with van der Waals surface area (Å²) in [6, 6.07) is 0. The van der Waals surface area contributed by atoms with Crippen LogP contribution < -0.4 is 0 Å². The number of alkyl halides is 3. The molecule has 1 unspecified atom stereocenters. The molecule has 0 heterocycles. The van der Waals surface area contributed by atoms with Gasteiger partial charge in [-0.15, -0.1) is 0 Å². The predicted molar refractivity (Wildman–Crippen MR) is 72.0 cm³/mol. The highest BCUT2D eigenvalue weighted by Gasteiger charge is 2.39. The second kappa shape index (κ2) is 7.47. The van der Waals surface area contributed by atoms with Crippen molar-refractivity contribution in [1.82, 2.24) is 0 Å². The zero-order valence-electron chi connectivity index (χ0n) is 12.5. The van der Waals surface area contributed by atoms with Gasteiger partial charge in [-0.2, -0.15) is 13.2 Å². The smallest absolute Gasteiger partial charge is 0.438 e. The number of carbonyl (C=O) groups is 1. The zero-order valence-corrected chi connectivity index (χ0v) is 12.5. The minimum Gasteiger partial charge on any atom is -0.456 e. The third kappa shape index (κ3) is 8.74. The summed E-state index contributed by atoms with van der Waals surface area (Å²) < 4.78 is 42.5. The van der Waals surface area contributed by atoms with E-state index in [4.69, 9.17) is 4.74 Å². The topological polar surface area (TPSA) is 26.3 Å². The van der Waals surface area contributed by atoms with E-state index in [1.165, 1.54) is 14.0 Å². The van der Waals surface area contributed by atoms with Gasteiger partial charge in [0.05, 0.1) is 13.6 Å². The second-order valence-electron chi connectivity index (χ2n) is 5.50. The maximum atomic E-state index is 12.6. The van der Waals surface area contributed by atoms with Crippen LogP contribution in [0.5, 0.6) is 0 Å². The number of allylic oxidation sites excluding steroid dienone is 1. The van der Waals surface area contributed by atoms with Gasteiger partial charge in [0.25, 0.3) is 0 Å². The molecular formula is C14H23F3NO2+. The molecule has 0 aliphatic heterocycles. The summed E-state index contributed by atoms with van der Waals surface area (Å²) in [5.74, 6) is -0.578. The van der Waals surface area contributed by atoms with E-state index in [0.29, 0.717) is 0 Å². The fourth-order valence-corrected chi connectivity index (χ4v) is 1.55. The Morgan fingerprint density at radius 2 is 1.85 bits per heavy atom. The van der Waals surface area contributed by atoms with Crippen LogP contribution in [0.3, 0.4) is 0 Å². The van der Waals surface area contributed by atoms with Crippen molar-refractivity contribution < 1.29 is 27.2 Å². The van der Waals surface area contributed by atoms with E-state index < -0.39 is 18.7 Å². The number of quaternary nitrogens is 1. The summed E-state index contributed by atoms with van der Waals surface area (Å²) in [4.78, 5) is 11.2. The normalized spacial score (nSPS) is 14.3. The van der Waals surface area contributed by atoms with Crippen LogP contribution in [-0.4, -0.2) is 49.9 Å². The Morgan fingerprint density at radius 3 is 2.25 bits per heavy atom. The maximum Gasteiger partial charge on any atom is 0.438 e. The van der Waals surface area contributed by atoms with Gasteiger partial charge in [-0.25, -0.2) is 4.79 Å². The third-order valence-electron chi connectivity index (χ3n) is 2.71. The van der Waals surface area contributed by atoms with Crippen LogP contribution in [0.1, 0.15) is 20.8 Å². The first-order chi connectivity index (χ1) is 8.95. The lowest BCUT2D eigenvalue weighted by Crippen LogP contribution is -2.52. The standard InChI is InChI=1S/C14H23F3NO2/c1-11(2)6-7-18(5,10-14(15,16)17)8-9-20-13(19)12(3)4/h6H,3,7-10H2,1-2,4-5H3/q+1. The lowest BCUT2D eigenvalue weighted by Gasteiger charge is -2.34.